The van der Waals surface area contributed by atoms with Crippen molar-refractivity contribution < 1.29 is 4.79 Å². The first-order valence-corrected chi connectivity index (χ1v) is 6.88. The molecule has 0 spiro atoms. The van der Waals surface area contributed by atoms with Gasteiger partial charge in [0.25, 0.3) is 5.91 Å². The normalized spacial score (nSPS) is 10.8. The molecule has 0 fully saturated rings. The van der Waals surface area contributed by atoms with Crippen LogP contribution < -0.4 is 5.32 Å². The van der Waals surface area contributed by atoms with Gasteiger partial charge in [-0.2, -0.15) is 5.10 Å². The predicted octanol–water partition coefficient (Wildman–Crippen LogP) is 3.83. The second kappa shape index (κ2) is 5.35. The molecule has 21 heavy (non-hydrogen) atoms. The molecule has 2 heterocycles. The van der Waals surface area contributed by atoms with E-state index in [9.17, 15) is 4.79 Å². The quantitative estimate of drug-likeness (QED) is 0.753. The number of hydrogen-bond acceptors (Lipinski definition) is 3. The van der Waals surface area contributed by atoms with Gasteiger partial charge >= 0.3 is 0 Å². The van der Waals surface area contributed by atoms with E-state index in [0.29, 0.717) is 26.8 Å². The van der Waals surface area contributed by atoms with Gasteiger partial charge in [-0.05, 0) is 25.1 Å². The summed E-state index contributed by atoms with van der Waals surface area (Å²) >= 11 is 12.2. The van der Waals surface area contributed by atoms with E-state index in [1.54, 1.807) is 24.3 Å². The summed E-state index contributed by atoms with van der Waals surface area (Å²) < 4.78 is 0. The molecular weight excluding hydrogens is 311 g/mol. The fourth-order valence-corrected chi connectivity index (χ4v) is 2.56. The van der Waals surface area contributed by atoms with Gasteiger partial charge in [0, 0.05) is 22.6 Å². The van der Waals surface area contributed by atoms with Crippen LogP contribution in [0.25, 0.3) is 11.0 Å². The van der Waals surface area contributed by atoms with Gasteiger partial charge in [0.2, 0.25) is 0 Å². The van der Waals surface area contributed by atoms with Crippen LogP contribution in [0.3, 0.4) is 0 Å². The number of fused-ring (bicyclic) bond motifs is 1. The van der Waals surface area contributed by atoms with Crippen molar-refractivity contribution in [1.29, 1.82) is 0 Å². The van der Waals surface area contributed by atoms with Gasteiger partial charge in [-0.3, -0.25) is 9.89 Å². The Bertz CT molecular complexity index is 844. The number of nitrogens with zero attached hydrogens (tertiary/aromatic N) is 2. The Balaban J connectivity index is 1.98. The number of nitrogens with one attached hydrogen (secondary N) is 2. The van der Waals surface area contributed by atoms with Crippen LogP contribution in [0.2, 0.25) is 10.0 Å². The lowest BCUT2D eigenvalue weighted by Gasteiger charge is -2.07. The zero-order valence-electron chi connectivity index (χ0n) is 10.9. The molecule has 106 valence electrons. The van der Waals surface area contributed by atoms with E-state index in [0.717, 1.165) is 5.69 Å². The number of amides is 1. The van der Waals surface area contributed by atoms with E-state index in [2.05, 4.69) is 20.5 Å². The molecule has 0 unspecified atom stereocenters. The van der Waals surface area contributed by atoms with E-state index >= 15 is 0 Å². The number of anilines is 1. The number of carbonyl (C=O) groups is 1. The lowest BCUT2D eigenvalue weighted by Crippen LogP contribution is -2.13. The maximum atomic E-state index is 12.3. The lowest BCUT2D eigenvalue weighted by atomic mass is 10.2. The van der Waals surface area contributed by atoms with Crippen molar-refractivity contribution in [2.45, 2.75) is 6.92 Å². The number of benzene rings is 1. The molecule has 1 aromatic carbocycles. The van der Waals surface area contributed by atoms with Gasteiger partial charge < -0.3 is 5.32 Å². The molecule has 1 amide bonds. The largest absolute Gasteiger partial charge is 0.322 e. The summed E-state index contributed by atoms with van der Waals surface area (Å²) in [5.41, 5.74) is 2.12. The van der Waals surface area contributed by atoms with Crippen molar-refractivity contribution >= 4 is 45.8 Å². The zero-order valence-corrected chi connectivity index (χ0v) is 12.5. The van der Waals surface area contributed by atoms with Crippen molar-refractivity contribution in [3.05, 3.63) is 51.8 Å². The number of aromatic amines is 1. The minimum Gasteiger partial charge on any atom is -0.322 e. The Labute approximate surface area is 130 Å². The molecule has 2 aromatic heterocycles. The molecule has 0 radical (unpaired) electrons. The smallest absolute Gasteiger partial charge is 0.258 e. The van der Waals surface area contributed by atoms with E-state index in [1.165, 1.54) is 6.20 Å². The molecule has 0 aliphatic heterocycles. The number of hydrogen-bond donors (Lipinski definition) is 2. The number of H-pyrrole nitrogens is 1. The van der Waals surface area contributed by atoms with Crippen molar-refractivity contribution in [3.63, 3.8) is 0 Å². The number of pyridine rings is 1. The van der Waals surface area contributed by atoms with Crippen LogP contribution in [0.15, 0.2) is 30.5 Å². The van der Waals surface area contributed by atoms with Crippen molar-refractivity contribution in [1.82, 2.24) is 15.2 Å². The third-order valence-electron chi connectivity index (χ3n) is 3.03. The molecule has 0 saturated heterocycles. The second-order valence-electron chi connectivity index (χ2n) is 4.50. The van der Waals surface area contributed by atoms with E-state index in [4.69, 9.17) is 23.2 Å². The lowest BCUT2D eigenvalue weighted by molar-refractivity contribution is 0.102. The highest BCUT2D eigenvalue weighted by Crippen LogP contribution is 2.27. The summed E-state index contributed by atoms with van der Waals surface area (Å²) in [6, 6.07) is 6.88. The summed E-state index contributed by atoms with van der Waals surface area (Å²) in [6.07, 6.45) is 1.41. The van der Waals surface area contributed by atoms with Crippen molar-refractivity contribution in [2.75, 3.05) is 5.32 Å². The molecule has 5 nitrogen and oxygen atoms in total. The minimum atomic E-state index is -0.350. The number of aryl methyl sites for hydroxylation is 1. The third kappa shape index (κ3) is 2.57. The van der Waals surface area contributed by atoms with Gasteiger partial charge in [0.15, 0.2) is 5.65 Å². The summed E-state index contributed by atoms with van der Waals surface area (Å²) in [7, 11) is 0. The first kappa shape index (κ1) is 13.9. The Morgan fingerprint density at radius 1 is 1.33 bits per heavy atom. The maximum Gasteiger partial charge on any atom is 0.258 e. The van der Waals surface area contributed by atoms with E-state index in [-0.39, 0.29) is 11.5 Å². The van der Waals surface area contributed by atoms with Crippen LogP contribution in [-0.4, -0.2) is 21.1 Å². The van der Waals surface area contributed by atoms with Crippen molar-refractivity contribution in [3.8, 4) is 0 Å². The van der Waals surface area contributed by atoms with Crippen LogP contribution >= 0.6 is 23.2 Å². The highest BCUT2D eigenvalue weighted by atomic mass is 35.5. The Morgan fingerprint density at radius 2 is 2.14 bits per heavy atom. The topological polar surface area (TPSA) is 70.7 Å². The highest BCUT2D eigenvalue weighted by Gasteiger charge is 2.17. The Morgan fingerprint density at radius 3 is 2.90 bits per heavy atom. The second-order valence-corrected chi connectivity index (χ2v) is 5.31. The zero-order chi connectivity index (χ0) is 15.0. The van der Waals surface area contributed by atoms with Crippen LogP contribution in [0.4, 0.5) is 5.69 Å². The fraction of sp³-hybridized carbons (Fsp3) is 0.0714. The molecule has 3 aromatic rings. The first-order valence-electron chi connectivity index (χ1n) is 6.12. The molecule has 3 rings (SSSR count). The van der Waals surface area contributed by atoms with E-state index in [1.807, 2.05) is 6.92 Å². The standard InChI is InChI=1S/C14H10Cl2N4O/c1-7-11-12(16)10(6-17-13(11)20-19-7)14(21)18-9-4-2-3-8(15)5-9/h2-6H,1H3,(H,18,21)(H,17,19,20). The van der Waals surface area contributed by atoms with Crippen LogP contribution in [0.5, 0.6) is 0 Å². The Hall–Kier alpha value is -2.11. The van der Waals surface area contributed by atoms with E-state index < -0.39 is 0 Å². The molecule has 0 aliphatic rings. The number of aromatic nitrogens is 3. The SMILES string of the molecule is Cc1[nH]nc2ncc(C(=O)Nc3cccc(Cl)c3)c(Cl)c12. The van der Waals surface area contributed by atoms with Crippen LogP contribution in [0.1, 0.15) is 16.1 Å². The molecular formula is C14H10Cl2N4O. The van der Waals surface area contributed by atoms with Gasteiger partial charge in [-0.25, -0.2) is 4.98 Å². The number of rotatable bonds is 2. The molecule has 0 atom stereocenters. The fourth-order valence-electron chi connectivity index (χ4n) is 2.01. The van der Waals surface area contributed by atoms with Gasteiger partial charge in [-0.15, -0.1) is 0 Å². The Kier molecular flexibility index (Phi) is 3.53. The first-order chi connectivity index (χ1) is 10.1. The number of carbonyl (C=O) groups excluding carboxylic acids is 1. The molecule has 7 heteroatoms. The van der Waals surface area contributed by atoms with Gasteiger partial charge in [-0.1, -0.05) is 29.3 Å². The minimum absolute atomic E-state index is 0.286. The average Bonchev–Trinajstić information content (AvgIpc) is 2.81. The molecule has 2 N–H and O–H groups in total. The molecule has 0 saturated carbocycles. The van der Waals surface area contributed by atoms with Gasteiger partial charge in [0.1, 0.15) is 0 Å². The predicted molar refractivity (Wildman–Crippen MR) is 83.0 cm³/mol. The average molecular weight is 321 g/mol. The number of halogens is 2. The van der Waals surface area contributed by atoms with Gasteiger partial charge in [0.05, 0.1) is 16.0 Å². The maximum absolute atomic E-state index is 12.3. The van der Waals surface area contributed by atoms with Crippen LogP contribution in [-0.2, 0) is 0 Å². The molecule has 0 aliphatic carbocycles. The summed E-state index contributed by atoms with van der Waals surface area (Å²) in [4.78, 5) is 16.4. The third-order valence-corrected chi connectivity index (χ3v) is 3.65. The summed E-state index contributed by atoms with van der Waals surface area (Å²) in [6.45, 7) is 1.82. The summed E-state index contributed by atoms with van der Waals surface area (Å²) in [5, 5.41) is 11.1. The van der Waals surface area contributed by atoms with Crippen molar-refractivity contribution in [2.24, 2.45) is 0 Å². The highest BCUT2D eigenvalue weighted by molar-refractivity contribution is 6.39. The molecule has 0 bridgehead atoms. The monoisotopic (exact) mass is 320 g/mol. The summed E-state index contributed by atoms with van der Waals surface area (Å²) in [5.74, 6) is -0.350. The van der Waals surface area contributed by atoms with Crippen LogP contribution in [0, 0.1) is 6.92 Å².